The summed E-state index contributed by atoms with van der Waals surface area (Å²) >= 11 is 0. The third kappa shape index (κ3) is 1.05. The topological polar surface area (TPSA) is 29.5 Å². The Balaban J connectivity index is 2.33. The van der Waals surface area contributed by atoms with Crippen LogP contribution in [0.25, 0.3) is 10.8 Å². The van der Waals surface area contributed by atoms with E-state index in [-0.39, 0.29) is 0 Å². The molecule has 3 rings (SSSR count). The van der Waals surface area contributed by atoms with E-state index in [4.69, 9.17) is 4.74 Å². The highest BCUT2D eigenvalue weighted by atomic mass is 16.6. The highest BCUT2D eigenvalue weighted by Crippen LogP contribution is 2.31. The number of hydrogen-bond acceptors (Lipinski definition) is 2. The normalized spacial score (nSPS) is 19.9. The van der Waals surface area contributed by atoms with Crippen molar-refractivity contribution in [3.63, 3.8) is 0 Å². The van der Waals surface area contributed by atoms with Gasteiger partial charge in [0.05, 0.1) is 6.61 Å². The molecule has 0 saturated heterocycles. The third-order valence-electron chi connectivity index (χ3n) is 2.67. The maximum atomic E-state index is 9.52. The summed E-state index contributed by atoms with van der Waals surface area (Å²) in [6.07, 6.45) is -0.741. The molecule has 2 aromatic carbocycles. The van der Waals surface area contributed by atoms with Crippen LogP contribution < -0.4 is 0 Å². The number of fused-ring (bicyclic) bond motifs is 2. The first-order chi connectivity index (χ1) is 6.84. The number of benzene rings is 2. The summed E-state index contributed by atoms with van der Waals surface area (Å²) in [6.45, 7) is 0.515. The number of aliphatic hydroxyl groups excluding tert-OH is 1. The van der Waals surface area contributed by atoms with Crippen LogP contribution in [0.4, 0.5) is 0 Å². The van der Waals surface area contributed by atoms with E-state index >= 15 is 0 Å². The molecular weight excluding hydrogens is 176 g/mol. The zero-order valence-electron chi connectivity index (χ0n) is 7.60. The Kier molecular flexibility index (Phi) is 1.60. The Hall–Kier alpha value is -1.38. The lowest BCUT2D eigenvalue weighted by Gasteiger charge is -2.04. The van der Waals surface area contributed by atoms with Gasteiger partial charge in [0.1, 0.15) is 0 Å². The molecule has 0 amide bonds. The maximum Gasteiger partial charge on any atom is 0.181 e. The molecule has 14 heavy (non-hydrogen) atoms. The fraction of sp³-hybridized carbons (Fsp3) is 0.167. The van der Waals surface area contributed by atoms with Crippen LogP contribution in [0.1, 0.15) is 17.4 Å². The quantitative estimate of drug-likeness (QED) is 0.684. The van der Waals surface area contributed by atoms with Gasteiger partial charge in [0.15, 0.2) is 6.29 Å². The molecule has 0 fully saturated rings. The maximum absolute atomic E-state index is 9.52. The Bertz CT molecular complexity index is 491. The SMILES string of the molecule is O[C@H]1OCc2cc3ccccc3cc21. The Labute approximate surface area is 81.7 Å². The van der Waals surface area contributed by atoms with Crippen molar-refractivity contribution in [3.8, 4) is 0 Å². The monoisotopic (exact) mass is 186 g/mol. The van der Waals surface area contributed by atoms with Gasteiger partial charge in [0, 0.05) is 5.56 Å². The molecule has 0 aliphatic carbocycles. The van der Waals surface area contributed by atoms with Gasteiger partial charge in [0.2, 0.25) is 0 Å². The van der Waals surface area contributed by atoms with Gasteiger partial charge in [-0.15, -0.1) is 0 Å². The third-order valence-corrected chi connectivity index (χ3v) is 2.67. The lowest BCUT2D eigenvalue weighted by Crippen LogP contribution is -1.91. The predicted molar refractivity (Wildman–Crippen MR) is 53.7 cm³/mol. The zero-order valence-corrected chi connectivity index (χ0v) is 7.60. The molecule has 70 valence electrons. The summed E-state index contributed by atoms with van der Waals surface area (Å²) in [7, 11) is 0. The van der Waals surface area contributed by atoms with Crippen LogP contribution in [-0.2, 0) is 11.3 Å². The van der Waals surface area contributed by atoms with E-state index in [1.54, 1.807) is 0 Å². The Morgan fingerprint density at radius 2 is 1.86 bits per heavy atom. The molecule has 1 aliphatic heterocycles. The summed E-state index contributed by atoms with van der Waals surface area (Å²) in [5.74, 6) is 0. The largest absolute Gasteiger partial charge is 0.364 e. The summed E-state index contributed by atoms with van der Waals surface area (Å²) in [6, 6.07) is 12.2. The van der Waals surface area contributed by atoms with Crippen LogP contribution >= 0.6 is 0 Å². The summed E-state index contributed by atoms with van der Waals surface area (Å²) in [5, 5.41) is 11.9. The van der Waals surface area contributed by atoms with Crippen molar-refractivity contribution < 1.29 is 9.84 Å². The molecule has 0 aromatic heterocycles. The van der Waals surface area contributed by atoms with E-state index in [9.17, 15) is 5.11 Å². The van der Waals surface area contributed by atoms with Gasteiger partial charge in [-0.05, 0) is 28.5 Å². The summed E-state index contributed by atoms with van der Waals surface area (Å²) in [4.78, 5) is 0. The number of rotatable bonds is 0. The molecule has 1 N–H and O–H groups in total. The minimum absolute atomic E-state index is 0.515. The first-order valence-electron chi connectivity index (χ1n) is 4.66. The Morgan fingerprint density at radius 3 is 2.64 bits per heavy atom. The van der Waals surface area contributed by atoms with E-state index in [2.05, 4.69) is 12.1 Å². The van der Waals surface area contributed by atoms with Crippen LogP contribution in [0.5, 0.6) is 0 Å². The molecule has 1 atom stereocenters. The molecule has 0 bridgehead atoms. The van der Waals surface area contributed by atoms with Gasteiger partial charge in [-0.25, -0.2) is 0 Å². The fourth-order valence-electron chi connectivity index (χ4n) is 1.92. The van der Waals surface area contributed by atoms with Crippen LogP contribution in [0.3, 0.4) is 0 Å². The standard InChI is InChI=1S/C12H10O2/c13-12-11-6-9-4-2-1-3-8(9)5-10(11)7-14-12/h1-6,12-13H,7H2/t12-/m0/s1. The van der Waals surface area contributed by atoms with Gasteiger partial charge < -0.3 is 9.84 Å². The van der Waals surface area contributed by atoms with Gasteiger partial charge in [-0.3, -0.25) is 0 Å². The van der Waals surface area contributed by atoms with Crippen molar-refractivity contribution in [2.75, 3.05) is 0 Å². The molecule has 0 radical (unpaired) electrons. The lowest BCUT2D eigenvalue weighted by atomic mass is 10.0. The van der Waals surface area contributed by atoms with Crippen molar-refractivity contribution in [3.05, 3.63) is 47.5 Å². The fourth-order valence-corrected chi connectivity index (χ4v) is 1.92. The first-order valence-corrected chi connectivity index (χ1v) is 4.66. The molecule has 1 aliphatic rings. The van der Waals surface area contributed by atoms with Crippen molar-refractivity contribution in [1.82, 2.24) is 0 Å². The highest BCUT2D eigenvalue weighted by molar-refractivity contribution is 5.84. The van der Waals surface area contributed by atoms with Crippen LogP contribution in [0.2, 0.25) is 0 Å². The van der Waals surface area contributed by atoms with E-state index < -0.39 is 6.29 Å². The first kappa shape index (κ1) is 7.97. The molecular formula is C12H10O2. The second kappa shape index (κ2) is 2.80. The molecule has 2 heteroatoms. The lowest BCUT2D eigenvalue weighted by molar-refractivity contribution is -0.0918. The van der Waals surface area contributed by atoms with Crippen LogP contribution in [0.15, 0.2) is 36.4 Å². The van der Waals surface area contributed by atoms with Crippen molar-refractivity contribution >= 4 is 10.8 Å². The minimum atomic E-state index is -0.741. The van der Waals surface area contributed by atoms with Crippen molar-refractivity contribution in [2.45, 2.75) is 12.9 Å². The zero-order chi connectivity index (χ0) is 9.54. The average Bonchev–Trinajstić information content (AvgIpc) is 2.57. The molecule has 0 saturated carbocycles. The predicted octanol–water partition coefficient (Wildman–Crippen LogP) is 2.36. The molecule has 0 unspecified atom stereocenters. The van der Waals surface area contributed by atoms with Gasteiger partial charge >= 0.3 is 0 Å². The smallest absolute Gasteiger partial charge is 0.181 e. The second-order valence-corrected chi connectivity index (χ2v) is 3.56. The van der Waals surface area contributed by atoms with Crippen molar-refractivity contribution in [1.29, 1.82) is 0 Å². The Morgan fingerprint density at radius 1 is 1.14 bits per heavy atom. The molecule has 2 nitrogen and oxygen atoms in total. The average molecular weight is 186 g/mol. The summed E-state index contributed by atoms with van der Waals surface area (Å²) < 4.78 is 5.15. The highest BCUT2D eigenvalue weighted by Gasteiger charge is 2.20. The van der Waals surface area contributed by atoms with Crippen molar-refractivity contribution in [2.24, 2.45) is 0 Å². The van der Waals surface area contributed by atoms with Gasteiger partial charge in [-0.2, -0.15) is 0 Å². The van der Waals surface area contributed by atoms with E-state index in [0.29, 0.717) is 6.61 Å². The number of ether oxygens (including phenoxy) is 1. The molecule has 2 aromatic rings. The van der Waals surface area contributed by atoms with E-state index in [1.165, 1.54) is 5.39 Å². The molecule has 1 heterocycles. The van der Waals surface area contributed by atoms with Gasteiger partial charge in [0.25, 0.3) is 0 Å². The van der Waals surface area contributed by atoms with E-state index in [1.807, 2.05) is 24.3 Å². The summed E-state index contributed by atoms with van der Waals surface area (Å²) in [5.41, 5.74) is 2.00. The minimum Gasteiger partial charge on any atom is -0.364 e. The number of aliphatic hydroxyl groups is 1. The van der Waals surface area contributed by atoms with E-state index in [0.717, 1.165) is 16.5 Å². The van der Waals surface area contributed by atoms with Gasteiger partial charge in [-0.1, -0.05) is 24.3 Å². The molecule has 0 spiro atoms. The van der Waals surface area contributed by atoms with Crippen LogP contribution in [0, 0.1) is 0 Å². The van der Waals surface area contributed by atoms with Crippen LogP contribution in [-0.4, -0.2) is 5.11 Å². The number of hydrogen-bond donors (Lipinski definition) is 1. The second-order valence-electron chi connectivity index (χ2n) is 3.56.